The van der Waals surface area contributed by atoms with E-state index in [2.05, 4.69) is 11.9 Å². The van der Waals surface area contributed by atoms with Crippen molar-refractivity contribution in [1.82, 2.24) is 5.32 Å². The average Bonchev–Trinajstić information content (AvgIpc) is 2.80. The van der Waals surface area contributed by atoms with Gasteiger partial charge in [-0.2, -0.15) is 0 Å². The van der Waals surface area contributed by atoms with Gasteiger partial charge < -0.3 is 10.1 Å². The molecule has 3 aromatic carbocycles. The Bertz CT molecular complexity index is 987. The molecular formula is C26H25NO3. The van der Waals surface area contributed by atoms with Gasteiger partial charge in [0.2, 0.25) is 0 Å². The van der Waals surface area contributed by atoms with Crippen molar-refractivity contribution in [2.24, 2.45) is 0 Å². The number of esters is 1. The lowest BCUT2D eigenvalue weighted by Crippen LogP contribution is -2.60. The molecule has 152 valence electrons. The number of benzene rings is 3. The topological polar surface area (TPSA) is 55.4 Å². The number of nitrogens with one attached hydrogen (secondary N) is 1. The second-order valence-electron chi connectivity index (χ2n) is 7.07. The molecule has 0 radical (unpaired) electrons. The fourth-order valence-electron chi connectivity index (χ4n) is 3.73. The quantitative estimate of drug-likeness (QED) is 0.447. The molecule has 4 heteroatoms. The second kappa shape index (κ2) is 9.70. The Morgan fingerprint density at radius 3 is 2.00 bits per heavy atom. The fourth-order valence-corrected chi connectivity index (χ4v) is 3.73. The van der Waals surface area contributed by atoms with Gasteiger partial charge in [0.05, 0.1) is 7.11 Å². The Balaban J connectivity index is 2.14. The van der Waals surface area contributed by atoms with Crippen LogP contribution in [0.3, 0.4) is 0 Å². The molecule has 0 bridgehead atoms. The lowest BCUT2D eigenvalue weighted by atomic mass is 9.74. The van der Waals surface area contributed by atoms with E-state index >= 15 is 0 Å². The summed E-state index contributed by atoms with van der Waals surface area (Å²) in [5, 5.41) is 3.01. The highest BCUT2D eigenvalue weighted by molar-refractivity contribution is 5.98. The van der Waals surface area contributed by atoms with Crippen molar-refractivity contribution < 1.29 is 14.3 Å². The highest BCUT2D eigenvalue weighted by atomic mass is 16.5. The summed E-state index contributed by atoms with van der Waals surface area (Å²) in [5.74, 6) is -1.37. The van der Waals surface area contributed by atoms with Gasteiger partial charge in [-0.15, -0.1) is 6.58 Å². The molecule has 0 aromatic heterocycles. The van der Waals surface area contributed by atoms with Crippen LogP contribution in [0.2, 0.25) is 0 Å². The van der Waals surface area contributed by atoms with Gasteiger partial charge in [0, 0.05) is 17.9 Å². The molecule has 1 N–H and O–H groups in total. The zero-order valence-electron chi connectivity index (χ0n) is 17.0. The highest BCUT2D eigenvalue weighted by Crippen LogP contribution is 2.34. The summed E-state index contributed by atoms with van der Waals surface area (Å²) in [6, 6.07) is 28.0. The summed E-state index contributed by atoms with van der Waals surface area (Å²) in [6.45, 7) is 3.98. The third-order valence-electron chi connectivity index (χ3n) is 5.17. The third-order valence-corrected chi connectivity index (χ3v) is 5.17. The van der Waals surface area contributed by atoms with Crippen LogP contribution in [0.5, 0.6) is 0 Å². The number of ether oxygens (including phenoxy) is 1. The van der Waals surface area contributed by atoms with E-state index in [1.807, 2.05) is 66.7 Å². The molecule has 0 aliphatic carbocycles. The molecule has 0 unspecified atom stereocenters. The van der Waals surface area contributed by atoms with Crippen LogP contribution in [-0.4, -0.2) is 24.5 Å². The van der Waals surface area contributed by atoms with Crippen molar-refractivity contribution in [2.75, 3.05) is 7.11 Å². The second-order valence-corrected chi connectivity index (χ2v) is 7.07. The van der Waals surface area contributed by atoms with Crippen LogP contribution in [0.15, 0.2) is 104 Å². The number of carbonyl (C=O) groups is 2. The molecule has 0 saturated carbocycles. The Morgan fingerprint density at radius 2 is 1.47 bits per heavy atom. The molecule has 3 aromatic rings. The maximum Gasteiger partial charge on any atom is 0.332 e. The van der Waals surface area contributed by atoms with E-state index in [1.165, 1.54) is 7.11 Å². The van der Waals surface area contributed by atoms with Crippen LogP contribution in [0.4, 0.5) is 0 Å². The van der Waals surface area contributed by atoms with E-state index < -0.39 is 17.4 Å². The van der Waals surface area contributed by atoms with Gasteiger partial charge in [0.25, 0.3) is 5.91 Å². The SMILES string of the molecule is C=C[C@H](c1ccccc1)[C@@](Cc1ccccc1)(NC(=O)c1ccccc1)C(=O)OC. The van der Waals surface area contributed by atoms with Gasteiger partial charge in [-0.05, 0) is 23.3 Å². The minimum absolute atomic E-state index is 0.255. The number of methoxy groups -OCH3 is 1. The van der Waals surface area contributed by atoms with Gasteiger partial charge in [0.15, 0.2) is 5.54 Å². The third kappa shape index (κ3) is 4.49. The lowest BCUT2D eigenvalue weighted by Gasteiger charge is -2.38. The van der Waals surface area contributed by atoms with Gasteiger partial charge in [-0.3, -0.25) is 4.79 Å². The maximum atomic E-state index is 13.3. The van der Waals surface area contributed by atoms with Crippen molar-refractivity contribution in [3.63, 3.8) is 0 Å². The van der Waals surface area contributed by atoms with E-state index in [0.29, 0.717) is 5.56 Å². The monoisotopic (exact) mass is 399 g/mol. The molecule has 0 fully saturated rings. The maximum absolute atomic E-state index is 13.3. The summed E-state index contributed by atoms with van der Waals surface area (Å²) in [4.78, 5) is 26.5. The first-order valence-corrected chi connectivity index (χ1v) is 9.78. The lowest BCUT2D eigenvalue weighted by molar-refractivity contribution is -0.148. The summed E-state index contributed by atoms with van der Waals surface area (Å²) < 4.78 is 5.23. The van der Waals surface area contributed by atoms with Gasteiger partial charge in [0.1, 0.15) is 0 Å². The van der Waals surface area contributed by atoms with Crippen molar-refractivity contribution in [2.45, 2.75) is 17.9 Å². The predicted octanol–water partition coefficient (Wildman–Crippen LogP) is 4.54. The fraction of sp³-hybridized carbons (Fsp3) is 0.154. The predicted molar refractivity (Wildman–Crippen MR) is 118 cm³/mol. The summed E-state index contributed by atoms with van der Waals surface area (Å²) >= 11 is 0. The molecule has 0 aliphatic heterocycles. The number of amides is 1. The standard InChI is InChI=1S/C26H25NO3/c1-3-23(21-15-9-5-10-16-21)26(25(29)30-2,19-20-13-7-4-8-14-20)27-24(28)22-17-11-6-12-18-22/h3-18,23H,1,19H2,2H3,(H,27,28)/t23-,26-/m1/s1. The molecule has 1 amide bonds. The van der Waals surface area contributed by atoms with E-state index in [9.17, 15) is 9.59 Å². The first-order chi connectivity index (χ1) is 14.6. The molecule has 0 heterocycles. The normalized spacial score (nSPS) is 13.5. The zero-order chi connectivity index (χ0) is 21.4. The molecular weight excluding hydrogens is 374 g/mol. The van der Waals surface area contributed by atoms with E-state index in [0.717, 1.165) is 11.1 Å². The number of hydrogen-bond acceptors (Lipinski definition) is 3. The largest absolute Gasteiger partial charge is 0.467 e. The molecule has 30 heavy (non-hydrogen) atoms. The number of hydrogen-bond donors (Lipinski definition) is 1. The Morgan fingerprint density at radius 1 is 0.933 bits per heavy atom. The molecule has 3 rings (SSSR count). The van der Waals surface area contributed by atoms with E-state index in [-0.39, 0.29) is 12.3 Å². The highest BCUT2D eigenvalue weighted by Gasteiger charge is 2.47. The number of carbonyl (C=O) groups excluding carboxylic acids is 2. The Hall–Kier alpha value is -3.66. The molecule has 0 saturated heterocycles. The summed E-state index contributed by atoms with van der Waals surface area (Å²) in [5.41, 5.74) is 0.863. The molecule has 4 nitrogen and oxygen atoms in total. The number of rotatable bonds is 8. The van der Waals surface area contributed by atoms with Gasteiger partial charge in [-0.1, -0.05) is 84.9 Å². The van der Waals surface area contributed by atoms with Crippen LogP contribution in [-0.2, 0) is 16.0 Å². The molecule has 2 atom stereocenters. The Labute approximate surface area is 177 Å². The van der Waals surface area contributed by atoms with Gasteiger partial charge in [-0.25, -0.2) is 4.79 Å². The minimum Gasteiger partial charge on any atom is -0.467 e. The first kappa shape index (κ1) is 21.1. The van der Waals surface area contributed by atoms with Crippen LogP contribution in [0.25, 0.3) is 0 Å². The summed E-state index contributed by atoms with van der Waals surface area (Å²) in [6.07, 6.45) is 1.95. The zero-order valence-corrected chi connectivity index (χ0v) is 17.0. The van der Waals surface area contributed by atoms with Crippen LogP contribution >= 0.6 is 0 Å². The minimum atomic E-state index is -1.37. The first-order valence-electron chi connectivity index (χ1n) is 9.78. The van der Waals surface area contributed by atoms with Crippen molar-refractivity contribution >= 4 is 11.9 Å². The summed E-state index contributed by atoms with van der Waals surface area (Å²) in [7, 11) is 1.34. The van der Waals surface area contributed by atoms with E-state index in [4.69, 9.17) is 4.74 Å². The van der Waals surface area contributed by atoms with Crippen LogP contribution in [0, 0.1) is 0 Å². The van der Waals surface area contributed by atoms with Crippen LogP contribution < -0.4 is 5.32 Å². The van der Waals surface area contributed by atoms with Gasteiger partial charge >= 0.3 is 5.97 Å². The average molecular weight is 399 g/mol. The van der Waals surface area contributed by atoms with Crippen molar-refractivity contribution in [1.29, 1.82) is 0 Å². The smallest absolute Gasteiger partial charge is 0.332 e. The van der Waals surface area contributed by atoms with Crippen molar-refractivity contribution in [3.8, 4) is 0 Å². The molecule has 0 spiro atoms. The van der Waals surface area contributed by atoms with Crippen LogP contribution in [0.1, 0.15) is 27.4 Å². The Kier molecular flexibility index (Phi) is 6.81. The van der Waals surface area contributed by atoms with Crippen molar-refractivity contribution in [3.05, 3.63) is 120 Å². The molecule has 0 aliphatic rings. The van der Waals surface area contributed by atoms with E-state index in [1.54, 1.807) is 30.3 Å².